The number of aryl methyl sites for hydroxylation is 1. The third-order valence-corrected chi connectivity index (χ3v) is 8.72. The van der Waals surface area contributed by atoms with Crippen molar-refractivity contribution in [3.05, 3.63) is 103 Å². The van der Waals surface area contributed by atoms with E-state index in [0.29, 0.717) is 27.3 Å². The van der Waals surface area contributed by atoms with E-state index in [9.17, 15) is 17.8 Å². The van der Waals surface area contributed by atoms with Gasteiger partial charge in [0.2, 0.25) is 0 Å². The summed E-state index contributed by atoms with van der Waals surface area (Å²) in [5, 5.41) is 2.76. The summed E-state index contributed by atoms with van der Waals surface area (Å²) in [7, 11) is -4.32. The molecule has 4 nitrogen and oxygen atoms in total. The lowest BCUT2D eigenvalue weighted by atomic mass is 9.77. The summed E-state index contributed by atoms with van der Waals surface area (Å²) in [5.41, 5.74) is 3.30. The van der Waals surface area contributed by atoms with Crippen LogP contribution in [0.5, 0.6) is 0 Å². The number of hydrogen-bond acceptors (Lipinski definition) is 3. The maximum atomic E-state index is 14.2. The van der Waals surface area contributed by atoms with Crippen LogP contribution in [-0.2, 0) is 10.1 Å². The van der Waals surface area contributed by atoms with Gasteiger partial charge in [-0.15, -0.1) is 0 Å². The Labute approximate surface area is 197 Å². The molecule has 2 aliphatic rings. The molecule has 3 aromatic rings. The van der Waals surface area contributed by atoms with Crippen molar-refractivity contribution in [3.63, 3.8) is 0 Å². The van der Waals surface area contributed by atoms with Gasteiger partial charge in [0, 0.05) is 27.6 Å². The van der Waals surface area contributed by atoms with Gasteiger partial charge in [-0.1, -0.05) is 79.6 Å². The van der Waals surface area contributed by atoms with Crippen molar-refractivity contribution in [2.24, 2.45) is 5.92 Å². The summed E-state index contributed by atoms with van der Waals surface area (Å²) in [4.78, 5) is 14.2. The van der Waals surface area contributed by atoms with E-state index in [4.69, 9.17) is 11.6 Å². The monoisotopic (exact) mass is 478 g/mol. The molecule has 0 radical (unpaired) electrons. The van der Waals surface area contributed by atoms with Crippen LogP contribution in [0.4, 0.5) is 0 Å². The molecule has 168 valence electrons. The van der Waals surface area contributed by atoms with Crippen molar-refractivity contribution >= 4 is 39.2 Å². The number of hydrogen-bond donors (Lipinski definition) is 1. The summed E-state index contributed by atoms with van der Waals surface area (Å²) >= 11 is 6.57. The van der Waals surface area contributed by atoms with Gasteiger partial charge < -0.3 is 0 Å². The van der Waals surface area contributed by atoms with Crippen LogP contribution in [0.15, 0.2) is 54.6 Å². The van der Waals surface area contributed by atoms with Gasteiger partial charge in [0.25, 0.3) is 10.1 Å². The molecule has 3 atom stereocenters. The van der Waals surface area contributed by atoms with Crippen molar-refractivity contribution in [2.45, 2.75) is 31.9 Å². The van der Waals surface area contributed by atoms with Crippen LogP contribution in [0.25, 0.3) is 11.6 Å². The Morgan fingerprint density at radius 3 is 2.33 bits per heavy atom. The van der Waals surface area contributed by atoms with Gasteiger partial charge in [-0.05, 0) is 51.4 Å². The average molecular weight is 479 g/mol. The molecule has 3 unspecified atom stereocenters. The van der Waals surface area contributed by atoms with Crippen molar-refractivity contribution < 1.29 is 17.8 Å². The third kappa shape index (κ3) is 3.38. The SMILES string of the molecule is Cc1ccc(Cl)c(C2=c3ccccc3=c3ccc4c(c3C2=O)C(C)C(S(=O)(=O)O)C(C)C=4)c1. The molecule has 0 heterocycles. The molecule has 6 heteroatoms. The first-order valence-corrected chi connectivity index (χ1v) is 12.7. The fourth-order valence-electron chi connectivity index (χ4n) is 5.55. The average Bonchev–Trinajstić information content (AvgIpc) is 2.74. The Morgan fingerprint density at radius 1 is 0.939 bits per heavy atom. The number of rotatable bonds is 2. The highest BCUT2D eigenvalue weighted by Gasteiger charge is 2.40. The predicted molar refractivity (Wildman–Crippen MR) is 130 cm³/mol. The zero-order valence-corrected chi connectivity index (χ0v) is 20.0. The number of benzene rings is 3. The van der Waals surface area contributed by atoms with E-state index < -0.39 is 21.3 Å². The smallest absolute Gasteiger partial charge is 0.268 e. The number of ketones is 1. The Balaban J connectivity index is 1.95. The van der Waals surface area contributed by atoms with Crippen molar-refractivity contribution in [1.29, 1.82) is 0 Å². The molecule has 2 aliphatic carbocycles. The first-order valence-electron chi connectivity index (χ1n) is 10.9. The standard InChI is InChI=1S/C27H23ClO4S/c1-14-8-11-22(28)21(12-14)24-19-7-5-4-6-18(19)20-10-9-17-13-15(2)27(33(30,31)32)16(3)23(17)25(20)26(24)29/h4-13,15-16,27H,1-3H3,(H,30,31,32). The molecule has 0 bridgehead atoms. The van der Waals surface area contributed by atoms with Crippen molar-refractivity contribution in [2.75, 3.05) is 0 Å². The zero-order valence-electron chi connectivity index (χ0n) is 18.5. The van der Waals surface area contributed by atoms with Crippen molar-refractivity contribution in [3.8, 4) is 0 Å². The molecule has 3 aromatic carbocycles. The van der Waals surface area contributed by atoms with E-state index in [-0.39, 0.29) is 11.7 Å². The number of halogens is 1. The van der Waals surface area contributed by atoms with Gasteiger partial charge in [-0.2, -0.15) is 8.42 Å². The first-order chi connectivity index (χ1) is 15.6. The zero-order chi connectivity index (χ0) is 23.7. The fraction of sp³-hybridized carbons (Fsp3) is 0.222. The van der Waals surface area contributed by atoms with E-state index >= 15 is 0 Å². The van der Waals surface area contributed by atoms with Crippen LogP contribution in [0.1, 0.15) is 46.8 Å². The molecule has 5 rings (SSSR count). The van der Waals surface area contributed by atoms with Crippen LogP contribution in [0.2, 0.25) is 5.02 Å². The van der Waals surface area contributed by atoms with Gasteiger partial charge >= 0.3 is 0 Å². The summed E-state index contributed by atoms with van der Waals surface area (Å²) in [6, 6.07) is 17.2. The normalized spacial score (nSPS) is 21.7. The summed E-state index contributed by atoms with van der Waals surface area (Å²) in [5.74, 6) is -1.13. The maximum Gasteiger partial charge on any atom is 0.268 e. The highest BCUT2D eigenvalue weighted by Crippen LogP contribution is 2.36. The summed E-state index contributed by atoms with van der Waals surface area (Å²) in [6.45, 7) is 5.50. The number of carbonyl (C=O) groups excluding carboxylic acids is 1. The van der Waals surface area contributed by atoms with Gasteiger partial charge in [-0.3, -0.25) is 9.35 Å². The predicted octanol–water partition coefficient (Wildman–Crippen LogP) is 4.12. The minimum atomic E-state index is -4.32. The second-order valence-electron chi connectivity index (χ2n) is 9.02. The van der Waals surface area contributed by atoms with E-state index in [1.807, 2.05) is 61.5 Å². The molecular weight excluding hydrogens is 456 g/mol. The summed E-state index contributed by atoms with van der Waals surface area (Å²) < 4.78 is 34.5. The van der Waals surface area contributed by atoms with Crippen LogP contribution < -0.4 is 10.4 Å². The number of Topliss-reactive ketones (excluding diaryl/α,β-unsaturated/α-hetero) is 1. The van der Waals surface area contributed by atoms with E-state index in [1.54, 1.807) is 19.9 Å². The lowest BCUT2D eigenvalue weighted by Gasteiger charge is -2.32. The highest BCUT2D eigenvalue weighted by atomic mass is 35.5. The van der Waals surface area contributed by atoms with E-state index in [1.165, 1.54) is 0 Å². The largest absolute Gasteiger partial charge is 0.289 e. The molecule has 0 aromatic heterocycles. The maximum absolute atomic E-state index is 14.2. The van der Waals surface area contributed by atoms with Crippen LogP contribution in [0.3, 0.4) is 0 Å². The fourth-order valence-corrected chi connectivity index (χ4v) is 7.03. The Morgan fingerprint density at radius 2 is 1.64 bits per heavy atom. The molecule has 0 spiro atoms. The topological polar surface area (TPSA) is 71.4 Å². The van der Waals surface area contributed by atoms with E-state index in [0.717, 1.165) is 26.4 Å². The Hall–Kier alpha value is -2.73. The molecule has 0 fully saturated rings. The minimum absolute atomic E-state index is 0.183. The Kier molecular flexibility index (Phi) is 5.12. The second-order valence-corrected chi connectivity index (χ2v) is 11.0. The Bertz CT molecular complexity index is 1670. The summed E-state index contributed by atoms with van der Waals surface area (Å²) in [6.07, 6.45) is 1.83. The third-order valence-electron chi connectivity index (χ3n) is 6.86. The van der Waals surface area contributed by atoms with E-state index in [2.05, 4.69) is 0 Å². The lowest BCUT2D eigenvalue weighted by molar-refractivity contribution is 0.105. The molecule has 1 N–H and O–H groups in total. The highest BCUT2D eigenvalue weighted by molar-refractivity contribution is 7.86. The van der Waals surface area contributed by atoms with Crippen LogP contribution in [-0.4, -0.2) is 24.0 Å². The molecular formula is C27H23ClO4S. The number of fused-ring (bicyclic) bond motifs is 4. The van der Waals surface area contributed by atoms with Gasteiger partial charge in [0.1, 0.15) is 0 Å². The minimum Gasteiger partial charge on any atom is -0.289 e. The molecule has 0 saturated carbocycles. The molecule has 0 amide bonds. The lowest BCUT2D eigenvalue weighted by Crippen LogP contribution is -2.40. The molecule has 33 heavy (non-hydrogen) atoms. The molecule has 0 aliphatic heterocycles. The van der Waals surface area contributed by atoms with Gasteiger partial charge in [0.15, 0.2) is 5.78 Å². The van der Waals surface area contributed by atoms with Crippen LogP contribution in [0, 0.1) is 23.3 Å². The van der Waals surface area contributed by atoms with Gasteiger partial charge in [-0.25, -0.2) is 0 Å². The first kappa shape index (κ1) is 22.1. The molecule has 0 saturated heterocycles. The van der Waals surface area contributed by atoms with Crippen LogP contribution >= 0.6 is 11.6 Å². The van der Waals surface area contributed by atoms with Crippen molar-refractivity contribution in [1.82, 2.24) is 0 Å². The number of carbonyl (C=O) groups is 1. The quantitative estimate of drug-likeness (QED) is 0.562. The second kappa shape index (κ2) is 7.66. The van der Waals surface area contributed by atoms with Gasteiger partial charge in [0.05, 0.1) is 5.25 Å².